The van der Waals surface area contributed by atoms with Gasteiger partial charge in [0.05, 0.1) is 0 Å². The van der Waals surface area contributed by atoms with Gasteiger partial charge in [0.15, 0.2) is 0 Å². The summed E-state index contributed by atoms with van der Waals surface area (Å²) in [6.07, 6.45) is 1.60. The standard InChI is InChI=1S/C12H9BrClN3O/c13-8-1-2-11(16-6-8)17-12(18)7-3-9(14)5-10(15)4-7/h1-6H,15H2,(H,16,17,18). The molecule has 0 saturated heterocycles. The largest absolute Gasteiger partial charge is 0.399 e. The second-order valence-electron chi connectivity index (χ2n) is 3.59. The third kappa shape index (κ3) is 3.21. The molecule has 0 spiro atoms. The Bertz CT molecular complexity index is 566. The third-order valence-electron chi connectivity index (χ3n) is 2.15. The van der Waals surface area contributed by atoms with Crippen LogP contribution in [-0.2, 0) is 0 Å². The lowest BCUT2D eigenvalue weighted by atomic mass is 10.2. The number of anilines is 2. The van der Waals surface area contributed by atoms with Crippen LogP contribution in [0.2, 0.25) is 5.02 Å². The number of nitrogen functional groups attached to an aromatic ring is 1. The van der Waals surface area contributed by atoms with Crippen LogP contribution in [0, 0.1) is 0 Å². The lowest BCUT2D eigenvalue weighted by Gasteiger charge is -2.05. The van der Waals surface area contributed by atoms with Crippen LogP contribution in [0.1, 0.15) is 10.4 Å². The SMILES string of the molecule is Nc1cc(Cl)cc(C(=O)Nc2ccc(Br)cn2)c1. The van der Waals surface area contributed by atoms with Crippen molar-refractivity contribution in [3.05, 3.63) is 51.6 Å². The van der Waals surface area contributed by atoms with E-state index in [-0.39, 0.29) is 5.91 Å². The van der Waals surface area contributed by atoms with Gasteiger partial charge in [0, 0.05) is 26.9 Å². The van der Waals surface area contributed by atoms with E-state index < -0.39 is 0 Å². The molecule has 92 valence electrons. The predicted octanol–water partition coefficient (Wildman–Crippen LogP) is 3.33. The van der Waals surface area contributed by atoms with Crippen molar-refractivity contribution >= 4 is 44.9 Å². The number of nitrogens with two attached hydrogens (primary N) is 1. The fourth-order valence-electron chi connectivity index (χ4n) is 1.38. The summed E-state index contributed by atoms with van der Waals surface area (Å²) in [7, 11) is 0. The molecule has 0 atom stereocenters. The highest BCUT2D eigenvalue weighted by Gasteiger charge is 2.08. The molecule has 4 nitrogen and oxygen atoms in total. The van der Waals surface area contributed by atoms with E-state index in [1.807, 2.05) is 0 Å². The molecule has 0 radical (unpaired) electrons. The molecule has 2 rings (SSSR count). The van der Waals surface area contributed by atoms with E-state index in [2.05, 4.69) is 26.2 Å². The Morgan fingerprint density at radius 3 is 2.72 bits per heavy atom. The molecular formula is C12H9BrClN3O. The molecule has 1 aromatic carbocycles. The molecule has 0 bridgehead atoms. The molecule has 0 saturated carbocycles. The lowest BCUT2D eigenvalue weighted by molar-refractivity contribution is 0.102. The minimum Gasteiger partial charge on any atom is -0.399 e. The van der Waals surface area contributed by atoms with Gasteiger partial charge in [0.25, 0.3) is 5.91 Å². The summed E-state index contributed by atoms with van der Waals surface area (Å²) in [6.45, 7) is 0. The molecule has 1 amide bonds. The van der Waals surface area contributed by atoms with Gasteiger partial charge in [0.1, 0.15) is 5.82 Å². The van der Waals surface area contributed by atoms with Gasteiger partial charge < -0.3 is 11.1 Å². The highest BCUT2D eigenvalue weighted by atomic mass is 79.9. The van der Waals surface area contributed by atoms with Crippen molar-refractivity contribution in [2.75, 3.05) is 11.1 Å². The normalized spacial score (nSPS) is 10.1. The van der Waals surface area contributed by atoms with Gasteiger partial charge in [-0.05, 0) is 46.3 Å². The van der Waals surface area contributed by atoms with Crippen LogP contribution >= 0.6 is 27.5 Å². The molecule has 0 unspecified atom stereocenters. The molecule has 2 aromatic rings. The molecule has 1 heterocycles. The highest BCUT2D eigenvalue weighted by Crippen LogP contribution is 2.18. The molecule has 18 heavy (non-hydrogen) atoms. The zero-order chi connectivity index (χ0) is 13.1. The second-order valence-corrected chi connectivity index (χ2v) is 4.94. The summed E-state index contributed by atoms with van der Waals surface area (Å²) >= 11 is 9.10. The van der Waals surface area contributed by atoms with Crippen molar-refractivity contribution in [3.63, 3.8) is 0 Å². The third-order valence-corrected chi connectivity index (χ3v) is 2.84. The Labute approximate surface area is 117 Å². The second kappa shape index (κ2) is 5.37. The first-order valence-corrected chi connectivity index (χ1v) is 6.20. The van der Waals surface area contributed by atoms with Gasteiger partial charge >= 0.3 is 0 Å². The molecular weight excluding hydrogens is 318 g/mol. The molecule has 0 aliphatic rings. The maximum Gasteiger partial charge on any atom is 0.256 e. The number of hydrogen-bond donors (Lipinski definition) is 2. The average Bonchev–Trinajstić information content (AvgIpc) is 2.31. The first-order chi connectivity index (χ1) is 8.54. The smallest absolute Gasteiger partial charge is 0.256 e. The number of aromatic nitrogens is 1. The summed E-state index contributed by atoms with van der Waals surface area (Å²) < 4.78 is 0.840. The number of nitrogens with zero attached hydrogens (tertiary/aromatic N) is 1. The van der Waals surface area contributed by atoms with E-state index >= 15 is 0 Å². The quantitative estimate of drug-likeness (QED) is 0.832. The average molecular weight is 327 g/mol. The predicted molar refractivity (Wildman–Crippen MR) is 75.8 cm³/mol. The van der Waals surface area contributed by atoms with Crippen molar-refractivity contribution in [1.29, 1.82) is 0 Å². The van der Waals surface area contributed by atoms with Crippen LogP contribution in [0.15, 0.2) is 41.0 Å². The molecule has 1 aromatic heterocycles. The lowest BCUT2D eigenvalue weighted by Crippen LogP contribution is -2.13. The first-order valence-electron chi connectivity index (χ1n) is 5.03. The van der Waals surface area contributed by atoms with Crippen molar-refractivity contribution in [2.45, 2.75) is 0 Å². The number of halogens is 2. The zero-order valence-corrected chi connectivity index (χ0v) is 11.5. The van der Waals surface area contributed by atoms with Gasteiger partial charge in [-0.25, -0.2) is 4.98 Å². The topological polar surface area (TPSA) is 68.0 Å². The highest BCUT2D eigenvalue weighted by molar-refractivity contribution is 9.10. The number of nitrogens with one attached hydrogen (secondary N) is 1. The number of pyridine rings is 1. The molecule has 0 fully saturated rings. The van der Waals surface area contributed by atoms with Gasteiger partial charge in [-0.3, -0.25) is 4.79 Å². The summed E-state index contributed by atoms with van der Waals surface area (Å²) in [4.78, 5) is 16.0. The Balaban J connectivity index is 2.19. The maximum absolute atomic E-state index is 11.9. The van der Waals surface area contributed by atoms with Crippen LogP contribution < -0.4 is 11.1 Å². The zero-order valence-electron chi connectivity index (χ0n) is 9.15. The Morgan fingerprint density at radius 1 is 1.33 bits per heavy atom. The Hall–Kier alpha value is -1.59. The summed E-state index contributed by atoms with van der Waals surface area (Å²) in [5.74, 6) is 0.153. The molecule has 6 heteroatoms. The minimum absolute atomic E-state index is 0.306. The van der Waals surface area contributed by atoms with Gasteiger partial charge in [-0.15, -0.1) is 0 Å². The fraction of sp³-hybridized carbons (Fsp3) is 0. The van der Waals surface area contributed by atoms with Gasteiger partial charge in [0.2, 0.25) is 0 Å². The number of carbonyl (C=O) groups excluding carboxylic acids is 1. The minimum atomic E-state index is -0.306. The van der Waals surface area contributed by atoms with Crippen LogP contribution in [0.25, 0.3) is 0 Å². The monoisotopic (exact) mass is 325 g/mol. The number of hydrogen-bond acceptors (Lipinski definition) is 3. The van der Waals surface area contributed by atoms with E-state index in [1.165, 1.54) is 0 Å². The van der Waals surface area contributed by atoms with E-state index in [1.54, 1.807) is 36.5 Å². The van der Waals surface area contributed by atoms with Crippen molar-refractivity contribution in [1.82, 2.24) is 4.98 Å². The van der Waals surface area contributed by atoms with Crippen LogP contribution in [-0.4, -0.2) is 10.9 Å². The molecule has 3 N–H and O–H groups in total. The molecule has 0 aliphatic heterocycles. The summed E-state index contributed by atoms with van der Waals surface area (Å²) in [5, 5.41) is 3.08. The Kier molecular flexibility index (Phi) is 3.84. The van der Waals surface area contributed by atoms with E-state index in [4.69, 9.17) is 17.3 Å². The maximum atomic E-state index is 11.9. The summed E-state index contributed by atoms with van der Waals surface area (Å²) in [6, 6.07) is 8.16. The van der Waals surface area contributed by atoms with Crippen LogP contribution in [0.3, 0.4) is 0 Å². The van der Waals surface area contributed by atoms with Crippen LogP contribution in [0.4, 0.5) is 11.5 Å². The first kappa shape index (κ1) is 12.9. The number of rotatable bonds is 2. The van der Waals surface area contributed by atoms with Gasteiger partial charge in [-0.1, -0.05) is 11.6 Å². The van der Waals surface area contributed by atoms with Crippen molar-refractivity contribution < 1.29 is 4.79 Å². The van der Waals surface area contributed by atoms with E-state index in [9.17, 15) is 4.79 Å². The number of carbonyl (C=O) groups is 1. The van der Waals surface area contributed by atoms with Gasteiger partial charge in [-0.2, -0.15) is 0 Å². The molecule has 0 aliphatic carbocycles. The number of benzene rings is 1. The Morgan fingerprint density at radius 2 is 2.11 bits per heavy atom. The van der Waals surface area contributed by atoms with Crippen LogP contribution in [0.5, 0.6) is 0 Å². The van der Waals surface area contributed by atoms with E-state index in [0.717, 1.165) is 4.47 Å². The van der Waals surface area contributed by atoms with Crippen molar-refractivity contribution in [3.8, 4) is 0 Å². The van der Waals surface area contributed by atoms with E-state index in [0.29, 0.717) is 22.1 Å². The number of amides is 1. The summed E-state index contributed by atoms with van der Waals surface area (Å²) in [5.41, 5.74) is 6.46. The van der Waals surface area contributed by atoms with Crippen molar-refractivity contribution in [2.24, 2.45) is 0 Å². The fourth-order valence-corrected chi connectivity index (χ4v) is 1.86.